The van der Waals surface area contributed by atoms with Crippen LogP contribution in [-0.4, -0.2) is 10.7 Å². The highest BCUT2D eigenvalue weighted by molar-refractivity contribution is 5.26. The standard InChI is InChI=1S/C13H18O/c1-10(2)12(13(14)8-9-13)11-6-4-3-5-7-11/h3-7,10,12,14H,8-9H2,1-2H3. The Morgan fingerprint density at radius 2 is 1.71 bits per heavy atom. The molecule has 76 valence electrons. The van der Waals surface area contributed by atoms with Crippen molar-refractivity contribution in [3.8, 4) is 0 Å². The van der Waals surface area contributed by atoms with E-state index in [0.29, 0.717) is 11.8 Å². The summed E-state index contributed by atoms with van der Waals surface area (Å²) in [4.78, 5) is 0. The third-order valence-electron chi connectivity index (χ3n) is 3.17. The first kappa shape index (κ1) is 9.72. The first-order valence-corrected chi connectivity index (χ1v) is 5.41. The van der Waals surface area contributed by atoms with Crippen LogP contribution in [-0.2, 0) is 0 Å². The largest absolute Gasteiger partial charge is 0.389 e. The van der Waals surface area contributed by atoms with E-state index in [1.54, 1.807) is 0 Å². The van der Waals surface area contributed by atoms with Crippen LogP contribution in [0, 0.1) is 5.92 Å². The van der Waals surface area contributed by atoms with Crippen molar-refractivity contribution < 1.29 is 5.11 Å². The number of aliphatic hydroxyl groups is 1. The number of benzene rings is 1. The maximum atomic E-state index is 10.2. The van der Waals surface area contributed by atoms with Crippen molar-refractivity contribution >= 4 is 0 Å². The molecule has 1 N–H and O–H groups in total. The summed E-state index contributed by atoms with van der Waals surface area (Å²) in [5.74, 6) is 0.814. The molecule has 0 heterocycles. The summed E-state index contributed by atoms with van der Waals surface area (Å²) in [6.07, 6.45) is 1.93. The molecule has 1 nitrogen and oxygen atoms in total. The van der Waals surface area contributed by atoms with E-state index >= 15 is 0 Å². The molecule has 2 rings (SSSR count). The van der Waals surface area contributed by atoms with Crippen LogP contribution in [0.1, 0.15) is 38.2 Å². The lowest BCUT2D eigenvalue weighted by Gasteiger charge is -2.26. The zero-order valence-electron chi connectivity index (χ0n) is 8.90. The Morgan fingerprint density at radius 1 is 1.14 bits per heavy atom. The molecule has 1 unspecified atom stereocenters. The third kappa shape index (κ3) is 1.69. The van der Waals surface area contributed by atoms with Crippen LogP contribution in [0.5, 0.6) is 0 Å². The second-order valence-corrected chi connectivity index (χ2v) is 4.74. The smallest absolute Gasteiger partial charge is 0.0720 e. The first-order chi connectivity index (χ1) is 6.63. The molecule has 0 spiro atoms. The third-order valence-corrected chi connectivity index (χ3v) is 3.17. The van der Waals surface area contributed by atoms with Gasteiger partial charge in [-0.3, -0.25) is 0 Å². The average Bonchev–Trinajstić information content (AvgIpc) is 2.85. The number of hydrogen-bond acceptors (Lipinski definition) is 1. The predicted molar refractivity (Wildman–Crippen MR) is 58.2 cm³/mol. The van der Waals surface area contributed by atoms with Crippen LogP contribution in [0.4, 0.5) is 0 Å². The summed E-state index contributed by atoms with van der Waals surface area (Å²) in [5.41, 5.74) is 0.873. The SMILES string of the molecule is CC(C)C(c1ccccc1)C1(O)CC1. The fourth-order valence-electron chi connectivity index (χ4n) is 2.42. The van der Waals surface area contributed by atoms with Gasteiger partial charge in [-0.1, -0.05) is 44.2 Å². The van der Waals surface area contributed by atoms with Crippen molar-refractivity contribution in [2.75, 3.05) is 0 Å². The fourth-order valence-corrected chi connectivity index (χ4v) is 2.42. The molecule has 0 aliphatic heterocycles. The maximum Gasteiger partial charge on any atom is 0.0720 e. The molecule has 1 atom stereocenters. The van der Waals surface area contributed by atoms with E-state index in [2.05, 4.69) is 38.1 Å². The lowest BCUT2D eigenvalue weighted by molar-refractivity contribution is 0.0974. The second-order valence-electron chi connectivity index (χ2n) is 4.74. The zero-order valence-corrected chi connectivity index (χ0v) is 8.90. The van der Waals surface area contributed by atoms with Gasteiger partial charge >= 0.3 is 0 Å². The van der Waals surface area contributed by atoms with Crippen molar-refractivity contribution in [2.45, 2.75) is 38.2 Å². The van der Waals surface area contributed by atoms with E-state index in [1.165, 1.54) is 5.56 Å². The van der Waals surface area contributed by atoms with Gasteiger partial charge in [0.05, 0.1) is 5.60 Å². The minimum absolute atomic E-state index is 0.309. The zero-order chi connectivity index (χ0) is 10.2. The summed E-state index contributed by atoms with van der Waals surface area (Å²) in [6.45, 7) is 4.38. The number of rotatable bonds is 3. The Hall–Kier alpha value is -0.820. The molecule has 0 radical (unpaired) electrons. The van der Waals surface area contributed by atoms with Crippen LogP contribution in [0.2, 0.25) is 0 Å². The van der Waals surface area contributed by atoms with E-state index in [0.717, 1.165) is 12.8 Å². The molecule has 1 aliphatic carbocycles. The number of hydrogen-bond donors (Lipinski definition) is 1. The first-order valence-electron chi connectivity index (χ1n) is 5.41. The quantitative estimate of drug-likeness (QED) is 0.777. The summed E-state index contributed by atoms with van der Waals surface area (Å²) in [7, 11) is 0. The Labute approximate surface area is 85.8 Å². The van der Waals surface area contributed by atoms with Gasteiger partial charge in [0.2, 0.25) is 0 Å². The van der Waals surface area contributed by atoms with Crippen LogP contribution >= 0.6 is 0 Å². The predicted octanol–water partition coefficient (Wildman–Crippen LogP) is 2.95. The molecular weight excluding hydrogens is 172 g/mol. The summed E-state index contributed by atoms with van der Waals surface area (Å²) >= 11 is 0. The van der Waals surface area contributed by atoms with Crippen LogP contribution in [0.25, 0.3) is 0 Å². The van der Waals surface area contributed by atoms with Crippen molar-refractivity contribution in [1.82, 2.24) is 0 Å². The molecule has 1 heteroatoms. The van der Waals surface area contributed by atoms with Gasteiger partial charge in [0.1, 0.15) is 0 Å². The molecule has 1 aromatic carbocycles. The summed E-state index contributed by atoms with van der Waals surface area (Å²) < 4.78 is 0. The highest BCUT2D eigenvalue weighted by Gasteiger charge is 2.49. The molecular formula is C13H18O. The minimum Gasteiger partial charge on any atom is -0.389 e. The Bertz CT molecular complexity index is 298. The maximum absolute atomic E-state index is 10.2. The lowest BCUT2D eigenvalue weighted by Crippen LogP contribution is -2.24. The molecule has 1 aliphatic rings. The molecule has 1 fully saturated rings. The van der Waals surface area contributed by atoms with Gasteiger partial charge < -0.3 is 5.11 Å². The van der Waals surface area contributed by atoms with Crippen LogP contribution in [0.15, 0.2) is 30.3 Å². The minimum atomic E-state index is -0.407. The fraction of sp³-hybridized carbons (Fsp3) is 0.538. The molecule has 0 bridgehead atoms. The highest BCUT2D eigenvalue weighted by Crippen LogP contribution is 2.50. The average molecular weight is 190 g/mol. The molecule has 14 heavy (non-hydrogen) atoms. The Balaban J connectivity index is 2.28. The van der Waals surface area contributed by atoms with Gasteiger partial charge in [0.15, 0.2) is 0 Å². The van der Waals surface area contributed by atoms with E-state index in [1.807, 2.05) is 6.07 Å². The highest BCUT2D eigenvalue weighted by atomic mass is 16.3. The second kappa shape index (κ2) is 3.39. The monoisotopic (exact) mass is 190 g/mol. The van der Waals surface area contributed by atoms with Gasteiger partial charge in [-0.15, -0.1) is 0 Å². The normalized spacial score (nSPS) is 20.9. The van der Waals surface area contributed by atoms with E-state index in [9.17, 15) is 5.11 Å². The van der Waals surface area contributed by atoms with Crippen molar-refractivity contribution in [3.05, 3.63) is 35.9 Å². The topological polar surface area (TPSA) is 20.2 Å². The summed E-state index contributed by atoms with van der Waals surface area (Å²) in [6, 6.07) is 10.4. The van der Waals surface area contributed by atoms with Gasteiger partial charge in [-0.2, -0.15) is 0 Å². The lowest BCUT2D eigenvalue weighted by atomic mass is 9.82. The van der Waals surface area contributed by atoms with Gasteiger partial charge in [-0.25, -0.2) is 0 Å². The Morgan fingerprint density at radius 3 is 2.14 bits per heavy atom. The molecule has 0 saturated heterocycles. The molecule has 1 saturated carbocycles. The van der Waals surface area contributed by atoms with E-state index in [4.69, 9.17) is 0 Å². The van der Waals surface area contributed by atoms with E-state index < -0.39 is 5.60 Å². The molecule has 0 aromatic heterocycles. The summed E-state index contributed by atoms with van der Waals surface area (Å²) in [5, 5.41) is 10.2. The molecule has 1 aromatic rings. The van der Waals surface area contributed by atoms with E-state index in [-0.39, 0.29) is 0 Å². The van der Waals surface area contributed by atoms with Crippen molar-refractivity contribution in [2.24, 2.45) is 5.92 Å². The van der Waals surface area contributed by atoms with Gasteiger partial charge in [0.25, 0.3) is 0 Å². The van der Waals surface area contributed by atoms with Gasteiger partial charge in [0, 0.05) is 5.92 Å². The Kier molecular flexibility index (Phi) is 2.36. The van der Waals surface area contributed by atoms with Crippen molar-refractivity contribution in [1.29, 1.82) is 0 Å². The van der Waals surface area contributed by atoms with Crippen LogP contribution < -0.4 is 0 Å². The molecule has 0 amide bonds. The van der Waals surface area contributed by atoms with Crippen LogP contribution in [0.3, 0.4) is 0 Å². The van der Waals surface area contributed by atoms with Crippen molar-refractivity contribution in [3.63, 3.8) is 0 Å². The van der Waals surface area contributed by atoms with Gasteiger partial charge in [-0.05, 0) is 24.3 Å².